The number of hydrogen-bond acceptors (Lipinski definition) is 4. The molecule has 1 aromatic rings. The van der Waals surface area contributed by atoms with Gasteiger partial charge in [-0.2, -0.15) is 0 Å². The van der Waals surface area contributed by atoms with E-state index in [4.69, 9.17) is 4.74 Å². The number of methoxy groups -OCH3 is 1. The summed E-state index contributed by atoms with van der Waals surface area (Å²) in [5.41, 5.74) is 0.868. The Kier molecular flexibility index (Phi) is 5.49. The maximum atomic E-state index is 10.8. The van der Waals surface area contributed by atoms with Crippen LogP contribution in [0.5, 0.6) is 5.75 Å². The number of rotatable bonds is 6. The average Bonchev–Trinajstić information content (AvgIpc) is 2.38. The molecule has 0 heterocycles. The van der Waals surface area contributed by atoms with Crippen LogP contribution in [-0.2, 0) is 9.53 Å². The zero-order chi connectivity index (χ0) is 12.7. The second kappa shape index (κ2) is 6.91. The van der Waals surface area contributed by atoms with Crippen molar-refractivity contribution in [2.24, 2.45) is 0 Å². The summed E-state index contributed by atoms with van der Waals surface area (Å²) in [5.74, 6) is 0.393. The largest absolute Gasteiger partial charge is 0.493 e. The summed E-state index contributed by atoms with van der Waals surface area (Å²) in [6.07, 6.45) is 0.484. The van der Waals surface area contributed by atoms with Crippen LogP contribution in [-0.4, -0.2) is 24.8 Å². The van der Waals surface area contributed by atoms with Gasteiger partial charge in [-0.15, -0.1) is 0 Å². The molecule has 0 aliphatic carbocycles. The first-order valence-corrected chi connectivity index (χ1v) is 5.65. The Labute approximate surface area is 101 Å². The first-order chi connectivity index (χ1) is 8.17. The minimum absolute atomic E-state index is 0.232. The maximum Gasteiger partial charge on any atom is 0.308 e. The molecule has 0 saturated heterocycles. The fourth-order valence-electron chi connectivity index (χ4n) is 1.38. The summed E-state index contributed by atoms with van der Waals surface area (Å²) in [5, 5.41) is 9.60. The van der Waals surface area contributed by atoms with Crippen LogP contribution in [0.2, 0.25) is 0 Å². The third-order valence-corrected chi connectivity index (χ3v) is 2.45. The lowest BCUT2D eigenvalue weighted by molar-refractivity contribution is -0.141. The monoisotopic (exact) mass is 238 g/mol. The first kappa shape index (κ1) is 13.5. The standard InChI is InChI=1S/C13H18O4/c1-3-12(14)10-4-6-11(7-5-10)17-9-8-13(15)16-2/h4-7,12,14H,3,8-9H2,1-2H3. The summed E-state index contributed by atoms with van der Waals surface area (Å²) < 4.78 is 9.87. The molecule has 0 aliphatic rings. The number of carbonyl (C=O) groups is 1. The molecule has 1 aromatic carbocycles. The predicted molar refractivity (Wildman–Crippen MR) is 63.8 cm³/mol. The van der Waals surface area contributed by atoms with Crippen molar-refractivity contribution in [3.8, 4) is 5.75 Å². The van der Waals surface area contributed by atoms with Gasteiger partial charge in [-0.25, -0.2) is 0 Å². The van der Waals surface area contributed by atoms with Crippen LogP contribution >= 0.6 is 0 Å². The van der Waals surface area contributed by atoms with Gasteiger partial charge in [0.15, 0.2) is 0 Å². The van der Waals surface area contributed by atoms with E-state index in [1.54, 1.807) is 12.1 Å². The molecule has 1 unspecified atom stereocenters. The normalized spacial score (nSPS) is 11.9. The van der Waals surface area contributed by atoms with E-state index in [-0.39, 0.29) is 12.4 Å². The molecule has 0 radical (unpaired) electrons. The smallest absolute Gasteiger partial charge is 0.308 e. The molecule has 0 fully saturated rings. The van der Waals surface area contributed by atoms with Gasteiger partial charge in [0.05, 0.1) is 26.2 Å². The predicted octanol–water partition coefficient (Wildman–Crippen LogP) is 2.07. The maximum absolute atomic E-state index is 10.8. The minimum atomic E-state index is -0.431. The number of aliphatic hydroxyl groups excluding tert-OH is 1. The molecule has 1 atom stereocenters. The van der Waals surface area contributed by atoms with Crippen LogP contribution in [0.15, 0.2) is 24.3 Å². The van der Waals surface area contributed by atoms with Gasteiger partial charge in [0, 0.05) is 0 Å². The third kappa shape index (κ3) is 4.44. The fraction of sp³-hybridized carbons (Fsp3) is 0.462. The Morgan fingerprint density at radius 1 is 1.35 bits per heavy atom. The van der Waals surface area contributed by atoms with E-state index in [9.17, 15) is 9.90 Å². The lowest BCUT2D eigenvalue weighted by Crippen LogP contribution is -2.07. The highest BCUT2D eigenvalue weighted by atomic mass is 16.5. The number of carbonyl (C=O) groups excluding carboxylic acids is 1. The van der Waals surface area contributed by atoms with Gasteiger partial charge < -0.3 is 14.6 Å². The molecule has 94 valence electrons. The number of esters is 1. The van der Waals surface area contributed by atoms with Crippen molar-refractivity contribution in [3.05, 3.63) is 29.8 Å². The van der Waals surface area contributed by atoms with Gasteiger partial charge in [-0.3, -0.25) is 4.79 Å². The second-order valence-electron chi connectivity index (χ2n) is 3.67. The highest BCUT2D eigenvalue weighted by molar-refractivity contribution is 5.69. The topological polar surface area (TPSA) is 55.8 Å². The van der Waals surface area contributed by atoms with E-state index in [1.807, 2.05) is 19.1 Å². The van der Waals surface area contributed by atoms with Gasteiger partial charge in [-0.1, -0.05) is 19.1 Å². The fourth-order valence-corrected chi connectivity index (χ4v) is 1.38. The Hall–Kier alpha value is -1.55. The molecule has 0 bridgehead atoms. The van der Waals surface area contributed by atoms with Crippen molar-refractivity contribution in [2.45, 2.75) is 25.9 Å². The first-order valence-electron chi connectivity index (χ1n) is 5.65. The Bertz CT molecular complexity index is 345. The quantitative estimate of drug-likeness (QED) is 0.771. The molecule has 17 heavy (non-hydrogen) atoms. The van der Waals surface area contributed by atoms with Gasteiger partial charge >= 0.3 is 5.97 Å². The molecular weight excluding hydrogens is 220 g/mol. The summed E-state index contributed by atoms with van der Waals surface area (Å²) in [4.78, 5) is 10.8. The third-order valence-electron chi connectivity index (χ3n) is 2.45. The van der Waals surface area contributed by atoms with Crippen LogP contribution in [0.1, 0.15) is 31.4 Å². The number of benzene rings is 1. The summed E-state index contributed by atoms with van der Waals surface area (Å²) in [6.45, 7) is 2.22. The van der Waals surface area contributed by atoms with Gasteiger partial charge in [0.2, 0.25) is 0 Å². The zero-order valence-corrected chi connectivity index (χ0v) is 10.2. The Balaban J connectivity index is 2.43. The average molecular weight is 238 g/mol. The highest BCUT2D eigenvalue weighted by Gasteiger charge is 2.05. The van der Waals surface area contributed by atoms with Crippen molar-refractivity contribution in [1.29, 1.82) is 0 Å². The summed E-state index contributed by atoms with van der Waals surface area (Å²) in [6, 6.07) is 7.21. The molecule has 4 heteroatoms. The number of hydrogen-bond donors (Lipinski definition) is 1. The Morgan fingerprint density at radius 3 is 2.53 bits per heavy atom. The van der Waals surface area contributed by atoms with E-state index in [2.05, 4.69) is 4.74 Å². The van der Waals surface area contributed by atoms with E-state index in [0.29, 0.717) is 18.8 Å². The van der Waals surface area contributed by atoms with Crippen LogP contribution in [0.25, 0.3) is 0 Å². The lowest BCUT2D eigenvalue weighted by Gasteiger charge is -2.09. The van der Waals surface area contributed by atoms with Gasteiger partial charge in [-0.05, 0) is 24.1 Å². The molecule has 0 saturated carbocycles. The minimum Gasteiger partial charge on any atom is -0.493 e. The molecule has 1 rings (SSSR count). The van der Waals surface area contributed by atoms with E-state index in [0.717, 1.165) is 5.56 Å². The van der Waals surface area contributed by atoms with Crippen molar-refractivity contribution >= 4 is 5.97 Å². The van der Waals surface area contributed by atoms with E-state index in [1.165, 1.54) is 7.11 Å². The summed E-state index contributed by atoms with van der Waals surface area (Å²) in [7, 11) is 1.35. The number of aliphatic hydroxyl groups is 1. The number of ether oxygens (including phenoxy) is 2. The van der Waals surface area contributed by atoms with E-state index < -0.39 is 6.10 Å². The van der Waals surface area contributed by atoms with E-state index >= 15 is 0 Å². The van der Waals surface area contributed by atoms with Gasteiger partial charge in [0.25, 0.3) is 0 Å². The summed E-state index contributed by atoms with van der Waals surface area (Å²) >= 11 is 0. The SMILES string of the molecule is CCC(O)c1ccc(OCCC(=O)OC)cc1. The zero-order valence-electron chi connectivity index (χ0n) is 10.2. The van der Waals surface area contributed by atoms with Crippen LogP contribution in [0.4, 0.5) is 0 Å². The molecule has 4 nitrogen and oxygen atoms in total. The Morgan fingerprint density at radius 2 is 2.00 bits per heavy atom. The second-order valence-corrected chi connectivity index (χ2v) is 3.67. The van der Waals surface area contributed by atoms with Crippen LogP contribution in [0.3, 0.4) is 0 Å². The molecule has 1 N–H and O–H groups in total. The molecular formula is C13H18O4. The van der Waals surface area contributed by atoms with Crippen molar-refractivity contribution in [1.82, 2.24) is 0 Å². The van der Waals surface area contributed by atoms with Crippen LogP contribution < -0.4 is 4.74 Å². The lowest BCUT2D eigenvalue weighted by atomic mass is 10.1. The van der Waals surface area contributed by atoms with Crippen molar-refractivity contribution < 1.29 is 19.4 Å². The van der Waals surface area contributed by atoms with Crippen molar-refractivity contribution in [3.63, 3.8) is 0 Å². The molecule has 0 aromatic heterocycles. The van der Waals surface area contributed by atoms with Crippen LogP contribution in [0, 0.1) is 0 Å². The molecule has 0 amide bonds. The van der Waals surface area contributed by atoms with Crippen molar-refractivity contribution in [2.75, 3.05) is 13.7 Å². The molecule has 0 spiro atoms. The highest BCUT2D eigenvalue weighted by Crippen LogP contribution is 2.19. The molecule has 0 aliphatic heterocycles. The van der Waals surface area contributed by atoms with Gasteiger partial charge in [0.1, 0.15) is 5.75 Å².